The van der Waals surface area contributed by atoms with E-state index in [1.165, 1.54) is 0 Å². The third kappa shape index (κ3) is 2.93. The van der Waals surface area contributed by atoms with Gasteiger partial charge in [0.2, 0.25) is 6.79 Å². The second-order valence-electron chi connectivity index (χ2n) is 6.35. The smallest absolute Gasteiger partial charge is 0.407 e. The summed E-state index contributed by atoms with van der Waals surface area (Å²) in [5.41, 5.74) is 0.707. The first-order chi connectivity index (χ1) is 11.1. The van der Waals surface area contributed by atoms with Crippen molar-refractivity contribution in [2.24, 2.45) is 0 Å². The summed E-state index contributed by atoms with van der Waals surface area (Å²) in [6, 6.07) is 3.78. The van der Waals surface area contributed by atoms with Crippen molar-refractivity contribution < 1.29 is 19.0 Å². The minimum atomic E-state index is -0.329. The van der Waals surface area contributed by atoms with Crippen LogP contribution in [0.3, 0.4) is 0 Å². The number of nitrogens with one attached hydrogen (secondary N) is 1. The monoisotopic (exact) mass is 338 g/mol. The molecule has 0 aliphatic carbocycles. The van der Waals surface area contributed by atoms with Gasteiger partial charge in [0.05, 0.1) is 6.54 Å². The first-order valence-electron chi connectivity index (χ1n) is 7.91. The summed E-state index contributed by atoms with van der Waals surface area (Å²) >= 11 is 6.37. The van der Waals surface area contributed by atoms with Gasteiger partial charge >= 0.3 is 6.09 Å². The maximum absolute atomic E-state index is 11.4. The largest absolute Gasteiger partial charge is 0.454 e. The van der Waals surface area contributed by atoms with Gasteiger partial charge in [-0.2, -0.15) is 0 Å². The van der Waals surface area contributed by atoms with Crippen LogP contribution in [0.2, 0.25) is 5.02 Å². The van der Waals surface area contributed by atoms with Gasteiger partial charge in [-0.1, -0.05) is 11.6 Å². The number of hydrogen-bond donors (Lipinski definition) is 1. The highest BCUT2D eigenvalue weighted by molar-refractivity contribution is 6.31. The molecule has 3 aliphatic heterocycles. The molecule has 6 nitrogen and oxygen atoms in total. The molecule has 7 heteroatoms. The van der Waals surface area contributed by atoms with Crippen molar-refractivity contribution in [1.82, 2.24) is 10.2 Å². The minimum Gasteiger partial charge on any atom is -0.454 e. The Morgan fingerprint density at radius 3 is 2.83 bits per heavy atom. The molecule has 1 amide bonds. The molecule has 1 unspecified atom stereocenters. The van der Waals surface area contributed by atoms with Gasteiger partial charge in [-0.3, -0.25) is 4.90 Å². The van der Waals surface area contributed by atoms with Gasteiger partial charge in [-0.05, 0) is 31.0 Å². The number of nitrogens with zero attached hydrogens (tertiary/aromatic N) is 1. The number of ether oxygens (including phenoxy) is 3. The number of carbonyl (C=O) groups excluding carboxylic acids is 1. The van der Waals surface area contributed by atoms with Gasteiger partial charge in [-0.25, -0.2) is 4.79 Å². The molecule has 0 aromatic heterocycles. The van der Waals surface area contributed by atoms with Crippen molar-refractivity contribution in [3.63, 3.8) is 0 Å². The Balaban J connectivity index is 1.45. The number of benzene rings is 1. The molecule has 2 saturated heterocycles. The third-order valence-electron chi connectivity index (χ3n) is 4.79. The lowest BCUT2D eigenvalue weighted by Gasteiger charge is -2.25. The SMILES string of the molecule is O=C1NCC2(CCCN(Cc3cc4c(cc3Cl)OCO4)CC2)O1. The molecule has 2 fully saturated rings. The van der Waals surface area contributed by atoms with Gasteiger partial charge in [0.1, 0.15) is 5.60 Å². The number of fused-ring (bicyclic) bond motifs is 1. The van der Waals surface area contributed by atoms with Gasteiger partial charge in [-0.15, -0.1) is 0 Å². The molecule has 1 atom stereocenters. The Morgan fingerprint density at radius 1 is 1.22 bits per heavy atom. The number of amides is 1. The van der Waals surface area contributed by atoms with E-state index in [0.717, 1.165) is 50.2 Å². The van der Waals surface area contributed by atoms with Crippen molar-refractivity contribution in [2.75, 3.05) is 26.4 Å². The Morgan fingerprint density at radius 2 is 2.04 bits per heavy atom. The average molecular weight is 339 g/mol. The van der Waals surface area contributed by atoms with Crippen molar-refractivity contribution in [3.8, 4) is 11.5 Å². The molecule has 1 aromatic rings. The van der Waals surface area contributed by atoms with Gasteiger partial charge in [0, 0.05) is 30.6 Å². The van der Waals surface area contributed by atoms with E-state index in [1.807, 2.05) is 12.1 Å². The molecule has 0 bridgehead atoms. The van der Waals surface area contributed by atoms with Gasteiger partial charge in [0.15, 0.2) is 11.5 Å². The van der Waals surface area contributed by atoms with Crippen LogP contribution in [0.15, 0.2) is 12.1 Å². The maximum atomic E-state index is 11.4. The highest BCUT2D eigenvalue weighted by Crippen LogP contribution is 2.37. The lowest BCUT2D eigenvalue weighted by molar-refractivity contribution is 0.0443. The van der Waals surface area contributed by atoms with E-state index >= 15 is 0 Å². The molecular weight excluding hydrogens is 320 g/mol. The second-order valence-corrected chi connectivity index (χ2v) is 6.76. The summed E-state index contributed by atoms with van der Waals surface area (Å²) in [7, 11) is 0. The molecule has 1 spiro atoms. The van der Waals surface area contributed by atoms with Crippen LogP contribution in [0.25, 0.3) is 0 Å². The van der Waals surface area contributed by atoms with Crippen LogP contribution in [0.5, 0.6) is 11.5 Å². The number of alkyl carbamates (subject to hydrolysis) is 1. The van der Waals surface area contributed by atoms with E-state index in [9.17, 15) is 4.79 Å². The van der Waals surface area contributed by atoms with E-state index in [1.54, 1.807) is 0 Å². The number of hydrogen-bond acceptors (Lipinski definition) is 5. The van der Waals surface area contributed by atoms with Crippen molar-refractivity contribution in [1.29, 1.82) is 0 Å². The predicted octanol–water partition coefficient (Wildman–Crippen LogP) is 2.53. The summed E-state index contributed by atoms with van der Waals surface area (Å²) in [6.45, 7) is 3.46. The number of rotatable bonds is 2. The lowest BCUT2D eigenvalue weighted by Crippen LogP contribution is -2.34. The van der Waals surface area contributed by atoms with E-state index in [4.69, 9.17) is 25.8 Å². The summed E-state index contributed by atoms with van der Waals surface area (Å²) in [5.74, 6) is 1.46. The quantitative estimate of drug-likeness (QED) is 0.898. The molecule has 1 N–H and O–H groups in total. The summed E-state index contributed by atoms with van der Waals surface area (Å²) in [4.78, 5) is 13.7. The highest BCUT2D eigenvalue weighted by Gasteiger charge is 2.41. The Labute approximate surface area is 139 Å². The Kier molecular flexibility index (Phi) is 3.73. The van der Waals surface area contributed by atoms with Crippen LogP contribution in [0.1, 0.15) is 24.8 Å². The van der Waals surface area contributed by atoms with Crippen LogP contribution in [0, 0.1) is 0 Å². The molecule has 124 valence electrons. The lowest BCUT2D eigenvalue weighted by atomic mass is 9.95. The number of carbonyl (C=O) groups is 1. The number of likely N-dealkylation sites (tertiary alicyclic amines) is 1. The standard InChI is InChI=1S/C16H19ClN2O4/c17-12-7-14-13(21-10-22-14)6-11(12)8-19-4-1-2-16(3-5-19)9-18-15(20)23-16/h6-7H,1-5,8-10H2,(H,18,20). The summed E-state index contributed by atoms with van der Waals surface area (Å²) in [6.07, 6.45) is 2.44. The van der Waals surface area contributed by atoms with Crippen LogP contribution in [-0.2, 0) is 11.3 Å². The van der Waals surface area contributed by atoms with Crippen LogP contribution in [-0.4, -0.2) is 43.0 Å². The molecule has 4 rings (SSSR count). The first-order valence-corrected chi connectivity index (χ1v) is 8.29. The molecule has 0 saturated carbocycles. The van der Waals surface area contributed by atoms with E-state index in [-0.39, 0.29) is 18.5 Å². The Hall–Kier alpha value is -1.66. The zero-order valence-electron chi connectivity index (χ0n) is 12.8. The van der Waals surface area contributed by atoms with Crippen molar-refractivity contribution >= 4 is 17.7 Å². The molecule has 0 radical (unpaired) electrons. The minimum absolute atomic E-state index is 0.250. The summed E-state index contributed by atoms with van der Waals surface area (Å²) in [5, 5.41) is 3.47. The highest BCUT2D eigenvalue weighted by atomic mass is 35.5. The molecule has 3 aliphatic rings. The van der Waals surface area contributed by atoms with Crippen LogP contribution < -0.4 is 14.8 Å². The topological polar surface area (TPSA) is 60.0 Å². The second kappa shape index (κ2) is 5.76. The normalized spacial score (nSPS) is 26.9. The fraction of sp³-hybridized carbons (Fsp3) is 0.562. The van der Waals surface area contributed by atoms with Gasteiger partial charge < -0.3 is 19.5 Å². The maximum Gasteiger partial charge on any atom is 0.407 e. The molecule has 23 heavy (non-hydrogen) atoms. The zero-order chi connectivity index (χ0) is 15.9. The Bertz CT molecular complexity index is 639. The van der Waals surface area contributed by atoms with E-state index < -0.39 is 0 Å². The first kappa shape index (κ1) is 14.9. The predicted molar refractivity (Wildman–Crippen MR) is 83.9 cm³/mol. The van der Waals surface area contributed by atoms with Crippen molar-refractivity contribution in [2.45, 2.75) is 31.4 Å². The molecular formula is C16H19ClN2O4. The van der Waals surface area contributed by atoms with Crippen LogP contribution in [0.4, 0.5) is 4.79 Å². The number of halogens is 1. The average Bonchev–Trinajstić information content (AvgIpc) is 3.06. The molecule has 1 aromatic carbocycles. The third-order valence-corrected chi connectivity index (χ3v) is 5.14. The van der Waals surface area contributed by atoms with Crippen molar-refractivity contribution in [3.05, 3.63) is 22.7 Å². The van der Waals surface area contributed by atoms with E-state index in [2.05, 4.69) is 10.2 Å². The molecule has 3 heterocycles. The van der Waals surface area contributed by atoms with E-state index in [0.29, 0.717) is 17.3 Å². The van der Waals surface area contributed by atoms with Crippen LogP contribution >= 0.6 is 11.6 Å². The fourth-order valence-corrected chi connectivity index (χ4v) is 3.70. The van der Waals surface area contributed by atoms with Gasteiger partial charge in [0.25, 0.3) is 0 Å². The zero-order valence-corrected chi connectivity index (χ0v) is 13.5. The summed E-state index contributed by atoms with van der Waals surface area (Å²) < 4.78 is 16.3. The fourth-order valence-electron chi connectivity index (χ4n) is 3.48.